The number of nitrogens with one attached hydrogen (secondary N) is 1. The van der Waals surface area contributed by atoms with Crippen LogP contribution < -0.4 is 10.1 Å². The Labute approximate surface area is 121 Å². The van der Waals surface area contributed by atoms with Crippen LogP contribution in [0, 0.1) is 12.8 Å². The van der Waals surface area contributed by atoms with Gasteiger partial charge in [-0.05, 0) is 43.1 Å². The molecule has 3 nitrogen and oxygen atoms in total. The maximum atomic E-state index is 5.90. The van der Waals surface area contributed by atoms with Gasteiger partial charge >= 0.3 is 0 Å². The van der Waals surface area contributed by atoms with E-state index in [0.29, 0.717) is 11.8 Å². The SMILES string of the molecule is Cc1cccc(Oc2ncccc2CNCC(C)C)c1. The van der Waals surface area contributed by atoms with Gasteiger partial charge in [0.05, 0.1) is 0 Å². The van der Waals surface area contributed by atoms with Gasteiger partial charge in [-0.25, -0.2) is 4.98 Å². The molecule has 0 aliphatic carbocycles. The van der Waals surface area contributed by atoms with Crippen LogP contribution in [0.2, 0.25) is 0 Å². The van der Waals surface area contributed by atoms with Gasteiger partial charge in [-0.2, -0.15) is 0 Å². The van der Waals surface area contributed by atoms with Crippen molar-refractivity contribution in [2.45, 2.75) is 27.3 Å². The third-order valence-corrected chi connectivity index (χ3v) is 2.92. The summed E-state index contributed by atoms with van der Waals surface area (Å²) in [6.45, 7) is 8.20. The minimum Gasteiger partial charge on any atom is -0.439 e. The van der Waals surface area contributed by atoms with Gasteiger partial charge in [-0.3, -0.25) is 0 Å². The summed E-state index contributed by atoms with van der Waals surface area (Å²) < 4.78 is 5.90. The van der Waals surface area contributed by atoms with Crippen molar-refractivity contribution in [3.63, 3.8) is 0 Å². The van der Waals surface area contributed by atoms with Gasteiger partial charge in [0, 0.05) is 18.3 Å². The fourth-order valence-corrected chi connectivity index (χ4v) is 1.94. The van der Waals surface area contributed by atoms with Crippen molar-refractivity contribution < 1.29 is 4.74 Å². The zero-order chi connectivity index (χ0) is 14.4. The average Bonchev–Trinajstić information content (AvgIpc) is 2.40. The van der Waals surface area contributed by atoms with Crippen molar-refractivity contribution >= 4 is 0 Å². The smallest absolute Gasteiger partial charge is 0.223 e. The molecule has 0 aliphatic heterocycles. The molecule has 0 unspecified atom stereocenters. The van der Waals surface area contributed by atoms with E-state index in [2.05, 4.69) is 37.1 Å². The Morgan fingerprint density at radius 3 is 2.80 bits per heavy atom. The topological polar surface area (TPSA) is 34.1 Å². The summed E-state index contributed by atoms with van der Waals surface area (Å²) >= 11 is 0. The molecule has 0 spiro atoms. The second-order valence-corrected chi connectivity index (χ2v) is 5.41. The zero-order valence-corrected chi connectivity index (χ0v) is 12.4. The van der Waals surface area contributed by atoms with Gasteiger partial charge in [0.15, 0.2) is 0 Å². The molecule has 0 saturated carbocycles. The summed E-state index contributed by atoms with van der Waals surface area (Å²) in [5, 5.41) is 3.42. The Bertz CT molecular complexity index is 552. The molecule has 0 saturated heterocycles. The summed E-state index contributed by atoms with van der Waals surface area (Å²) in [5.74, 6) is 2.14. The number of pyridine rings is 1. The number of benzene rings is 1. The molecule has 1 aromatic heterocycles. The molecule has 2 aromatic rings. The fraction of sp³-hybridized carbons (Fsp3) is 0.353. The largest absolute Gasteiger partial charge is 0.439 e. The highest BCUT2D eigenvalue weighted by Crippen LogP contribution is 2.23. The van der Waals surface area contributed by atoms with E-state index < -0.39 is 0 Å². The highest BCUT2D eigenvalue weighted by atomic mass is 16.5. The Kier molecular flexibility index (Phi) is 5.13. The highest BCUT2D eigenvalue weighted by molar-refractivity contribution is 5.34. The van der Waals surface area contributed by atoms with Crippen molar-refractivity contribution in [2.75, 3.05) is 6.54 Å². The summed E-state index contributed by atoms with van der Waals surface area (Å²) in [4.78, 5) is 4.34. The molecule has 0 bridgehead atoms. The van der Waals surface area contributed by atoms with Crippen molar-refractivity contribution in [2.24, 2.45) is 5.92 Å². The maximum absolute atomic E-state index is 5.90. The third-order valence-electron chi connectivity index (χ3n) is 2.92. The molecule has 0 amide bonds. The molecule has 20 heavy (non-hydrogen) atoms. The summed E-state index contributed by atoms with van der Waals surface area (Å²) in [6.07, 6.45) is 1.76. The first-order chi connectivity index (χ1) is 9.65. The minimum atomic E-state index is 0.632. The number of nitrogens with zero attached hydrogens (tertiary/aromatic N) is 1. The molecule has 0 aliphatic rings. The Balaban J connectivity index is 2.07. The second-order valence-electron chi connectivity index (χ2n) is 5.41. The first-order valence-corrected chi connectivity index (χ1v) is 7.04. The molecule has 2 rings (SSSR count). The number of aromatic nitrogens is 1. The first-order valence-electron chi connectivity index (χ1n) is 7.04. The average molecular weight is 270 g/mol. The lowest BCUT2D eigenvalue weighted by molar-refractivity contribution is 0.450. The molecular formula is C17H22N2O. The van der Waals surface area contributed by atoms with Gasteiger partial charge in [0.2, 0.25) is 5.88 Å². The van der Waals surface area contributed by atoms with E-state index in [1.807, 2.05) is 30.3 Å². The number of ether oxygens (including phenoxy) is 1. The van der Waals surface area contributed by atoms with Crippen molar-refractivity contribution in [1.29, 1.82) is 0 Å². The van der Waals surface area contributed by atoms with Crippen LogP contribution in [-0.4, -0.2) is 11.5 Å². The van der Waals surface area contributed by atoms with Gasteiger partial charge in [-0.1, -0.05) is 32.0 Å². The van der Waals surface area contributed by atoms with Gasteiger partial charge < -0.3 is 10.1 Å². The summed E-state index contributed by atoms with van der Waals surface area (Å²) in [6, 6.07) is 12.0. The normalized spacial score (nSPS) is 10.8. The molecule has 0 atom stereocenters. The lowest BCUT2D eigenvalue weighted by Gasteiger charge is -2.12. The van der Waals surface area contributed by atoms with E-state index in [9.17, 15) is 0 Å². The molecule has 1 heterocycles. The molecule has 1 aromatic carbocycles. The lowest BCUT2D eigenvalue weighted by Crippen LogP contribution is -2.19. The van der Waals surface area contributed by atoms with E-state index in [1.165, 1.54) is 5.56 Å². The number of hydrogen-bond donors (Lipinski definition) is 1. The molecule has 1 N–H and O–H groups in total. The van der Waals surface area contributed by atoms with Gasteiger partial charge in [0.1, 0.15) is 5.75 Å². The van der Waals surface area contributed by atoms with Crippen LogP contribution in [0.4, 0.5) is 0 Å². The van der Waals surface area contributed by atoms with E-state index in [-0.39, 0.29) is 0 Å². The zero-order valence-electron chi connectivity index (χ0n) is 12.4. The van der Waals surface area contributed by atoms with E-state index in [1.54, 1.807) is 6.20 Å². The molecule has 3 heteroatoms. The number of hydrogen-bond acceptors (Lipinski definition) is 3. The Morgan fingerprint density at radius 2 is 2.05 bits per heavy atom. The van der Waals surface area contributed by atoms with E-state index in [0.717, 1.165) is 24.4 Å². The predicted octanol–water partition coefficient (Wildman–Crippen LogP) is 3.93. The van der Waals surface area contributed by atoms with Gasteiger partial charge in [-0.15, -0.1) is 0 Å². The van der Waals surface area contributed by atoms with Crippen molar-refractivity contribution in [3.05, 3.63) is 53.7 Å². The van der Waals surface area contributed by atoms with Crippen LogP contribution in [0.5, 0.6) is 11.6 Å². The predicted molar refractivity (Wildman–Crippen MR) is 82.0 cm³/mol. The van der Waals surface area contributed by atoms with Crippen LogP contribution in [0.3, 0.4) is 0 Å². The molecule has 106 valence electrons. The highest BCUT2D eigenvalue weighted by Gasteiger charge is 2.06. The monoisotopic (exact) mass is 270 g/mol. The van der Waals surface area contributed by atoms with Crippen molar-refractivity contribution in [1.82, 2.24) is 10.3 Å². The van der Waals surface area contributed by atoms with Crippen LogP contribution in [0.1, 0.15) is 25.0 Å². The number of aryl methyl sites for hydroxylation is 1. The lowest BCUT2D eigenvalue weighted by atomic mass is 10.2. The number of rotatable bonds is 6. The van der Waals surface area contributed by atoms with Crippen LogP contribution in [0.15, 0.2) is 42.6 Å². The van der Waals surface area contributed by atoms with E-state index in [4.69, 9.17) is 4.74 Å². The quantitative estimate of drug-likeness (QED) is 0.863. The standard InChI is InChI=1S/C17H22N2O/c1-13(2)11-18-12-15-7-5-9-19-17(15)20-16-8-4-6-14(3)10-16/h4-10,13,18H,11-12H2,1-3H3. The van der Waals surface area contributed by atoms with Gasteiger partial charge in [0.25, 0.3) is 0 Å². The molecule has 0 fully saturated rings. The van der Waals surface area contributed by atoms with Crippen LogP contribution in [0.25, 0.3) is 0 Å². The molecular weight excluding hydrogens is 248 g/mol. The molecule has 0 radical (unpaired) electrons. The fourth-order valence-electron chi connectivity index (χ4n) is 1.94. The second kappa shape index (κ2) is 7.06. The van der Waals surface area contributed by atoms with Crippen molar-refractivity contribution in [3.8, 4) is 11.6 Å². The maximum Gasteiger partial charge on any atom is 0.223 e. The van der Waals surface area contributed by atoms with Crippen LogP contribution >= 0.6 is 0 Å². The Hall–Kier alpha value is -1.87. The third kappa shape index (κ3) is 4.35. The summed E-state index contributed by atoms with van der Waals surface area (Å²) in [5.41, 5.74) is 2.26. The first kappa shape index (κ1) is 14.5. The van der Waals surface area contributed by atoms with Crippen LogP contribution in [-0.2, 0) is 6.54 Å². The minimum absolute atomic E-state index is 0.632. The summed E-state index contributed by atoms with van der Waals surface area (Å²) in [7, 11) is 0. The van der Waals surface area contributed by atoms with E-state index >= 15 is 0 Å². The Morgan fingerprint density at radius 1 is 1.20 bits per heavy atom.